The van der Waals surface area contributed by atoms with Crippen LogP contribution < -0.4 is 25.8 Å². The van der Waals surface area contributed by atoms with Gasteiger partial charge >= 0.3 is 5.69 Å². The molecule has 1 saturated carbocycles. The highest BCUT2D eigenvalue weighted by Gasteiger charge is 2.25. The maximum absolute atomic E-state index is 14.1. The van der Waals surface area contributed by atoms with Crippen LogP contribution in [-0.2, 0) is 4.79 Å². The molecule has 1 fully saturated rings. The maximum Gasteiger partial charge on any atom is 0.339 e. The quantitative estimate of drug-likeness (QED) is 0.226. The van der Waals surface area contributed by atoms with Crippen molar-refractivity contribution in [2.45, 2.75) is 18.9 Å². The fourth-order valence-corrected chi connectivity index (χ4v) is 5.14. The van der Waals surface area contributed by atoms with Gasteiger partial charge < -0.3 is 20.1 Å². The van der Waals surface area contributed by atoms with Crippen LogP contribution in [0.1, 0.15) is 12.8 Å². The Morgan fingerprint density at radius 2 is 1.78 bits per heavy atom. The summed E-state index contributed by atoms with van der Waals surface area (Å²) in [5.74, 6) is 0.706. The lowest BCUT2D eigenvalue weighted by molar-refractivity contribution is -0.113. The summed E-state index contributed by atoms with van der Waals surface area (Å²) in [6.07, 6.45) is 7.05. The topological polar surface area (TPSA) is 121 Å². The van der Waals surface area contributed by atoms with Gasteiger partial charge in [-0.1, -0.05) is 12.1 Å². The van der Waals surface area contributed by atoms with Gasteiger partial charge in [-0.2, -0.15) is 0 Å². The van der Waals surface area contributed by atoms with Gasteiger partial charge in [0.25, 0.3) is 5.91 Å². The van der Waals surface area contributed by atoms with Crippen molar-refractivity contribution in [1.82, 2.24) is 24.0 Å². The molecule has 45 heavy (non-hydrogen) atoms. The second kappa shape index (κ2) is 12.2. The van der Waals surface area contributed by atoms with Crippen LogP contribution in [0.5, 0.6) is 17.2 Å². The number of hydrogen-bond acceptors (Lipinski definition) is 8. The zero-order valence-corrected chi connectivity index (χ0v) is 25.1. The van der Waals surface area contributed by atoms with E-state index >= 15 is 0 Å². The fourth-order valence-electron chi connectivity index (χ4n) is 5.14. The highest BCUT2D eigenvalue weighted by molar-refractivity contribution is 6.02. The molecule has 230 valence electrons. The molecule has 0 bridgehead atoms. The van der Waals surface area contributed by atoms with Crippen LogP contribution in [0.15, 0.2) is 90.0 Å². The van der Waals surface area contributed by atoms with Gasteiger partial charge in [-0.15, -0.1) is 0 Å². The normalized spacial score (nSPS) is 13.1. The minimum absolute atomic E-state index is 0.110. The molecule has 0 atom stereocenters. The summed E-state index contributed by atoms with van der Waals surface area (Å²) in [6.45, 7) is 0.676. The van der Waals surface area contributed by atoms with Crippen LogP contribution in [0.3, 0.4) is 0 Å². The number of methoxy groups -OCH3 is 1. The van der Waals surface area contributed by atoms with E-state index in [4.69, 9.17) is 15.2 Å². The third-order valence-electron chi connectivity index (χ3n) is 7.71. The van der Waals surface area contributed by atoms with Gasteiger partial charge in [-0.3, -0.25) is 14.3 Å². The highest BCUT2D eigenvalue weighted by Crippen LogP contribution is 2.32. The molecule has 0 radical (unpaired) electrons. The number of anilines is 2. The number of ether oxygens (including phenoxy) is 2. The highest BCUT2D eigenvalue weighted by atomic mass is 19.1. The number of hydrogen-bond donors (Lipinski definition) is 1. The Morgan fingerprint density at radius 3 is 2.49 bits per heavy atom. The second-order valence-electron chi connectivity index (χ2n) is 10.8. The molecule has 3 aromatic carbocycles. The average molecular weight is 610 g/mol. The summed E-state index contributed by atoms with van der Waals surface area (Å²) in [5.41, 5.74) is 7.82. The van der Waals surface area contributed by atoms with Crippen molar-refractivity contribution in [3.8, 4) is 28.6 Å². The number of aromatic nitrogens is 4. The number of carbonyl (C=O) groups is 1. The summed E-state index contributed by atoms with van der Waals surface area (Å²) < 4.78 is 27.7. The molecule has 1 amide bonds. The Labute approximate surface area is 258 Å². The van der Waals surface area contributed by atoms with Crippen LogP contribution in [0.4, 0.5) is 15.9 Å². The summed E-state index contributed by atoms with van der Waals surface area (Å²) in [6, 6.07) is 18.2. The van der Waals surface area contributed by atoms with E-state index in [1.807, 2.05) is 13.1 Å². The first kappa shape index (κ1) is 29.6. The zero-order chi connectivity index (χ0) is 31.7. The smallest absolute Gasteiger partial charge is 0.339 e. The SMILES string of the molecule is COc1ccc(-n2c(=O)n(-c3ccc(Oc4cccc(F)c4)cc3)c3c(N)ncnc32)cc1N(C)C(=O)/C=C/CN(C)C1CC1. The molecular formula is C33H32FN7O4. The molecule has 2 heterocycles. The number of likely N-dealkylation sites (N-methyl/N-ethyl adjacent to an activating group) is 2. The number of benzene rings is 3. The van der Waals surface area contributed by atoms with Crippen molar-refractivity contribution in [3.63, 3.8) is 0 Å². The first-order valence-electron chi connectivity index (χ1n) is 14.4. The minimum atomic E-state index is -0.455. The van der Waals surface area contributed by atoms with E-state index < -0.39 is 11.5 Å². The van der Waals surface area contributed by atoms with E-state index in [9.17, 15) is 14.0 Å². The first-order valence-corrected chi connectivity index (χ1v) is 14.4. The van der Waals surface area contributed by atoms with Gasteiger partial charge in [0, 0.05) is 31.8 Å². The average Bonchev–Trinajstić information content (AvgIpc) is 3.84. The number of halogens is 1. The summed E-state index contributed by atoms with van der Waals surface area (Å²) >= 11 is 0. The third-order valence-corrected chi connectivity index (χ3v) is 7.71. The maximum atomic E-state index is 14.1. The molecule has 5 aromatic rings. The van der Waals surface area contributed by atoms with Gasteiger partial charge in [0.2, 0.25) is 0 Å². The number of carbonyl (C=O) groups excluding carboxylic acids is 1. The number of amides is 1. The van der Waals surface area contributed by atoms with E-state index in [1.165, 1.54) is 52.4 Å². The van der Waals surface area contributed by atoms with E-state index in [2.05, 4.69) is 14.9 Å². The Kier molecular flexibility index (Phi) is 8.05. The number of imidazole rings is 1. The molecule has 11 nitrogen and oxygen atoms in total. The molecule has 12 heteroatoms. The number of fused-ring (bicyclic) bond motifs is 1. The predicted molar refractivity (Wildman–Crippen MR) is 170 cm³/mol. The van der Waals surface area contributed by atoms with Crippen LogP contribution >= 0.6 is 0 Å². The van der Waals surface area contributed by atoms with Gasteiger partial charge in [-0.05, 0) is 74.5 Å². The van der Waals surface area contributed by atoms with E-state index in [0.717, 1.165) is 0 Å². The standard InChI is InChI=1S/C33H32FN7O4/c1-38(22-9-10-22)17-5-8-29(42)39(2)27-19-24(13-16-28(27)44-3)41-32-30(31(35)36-20-37-32)40(33(41)43)23-11-14-25(15-12-23)45-26-7-4-6-21(34)18-26/h4-8,11-16,18-20,22H,9-10,17H2,1-3H3,(H2,35,36,37)/b8-5+. The summed E-state index contributed by atoms with van der Waals surface area (Å²) in [4.78, 5) is 39.4. The molecule has 2 aromatic heterocycles. The van der Waals surface area contributed by atoms with E-state index in [-0.39, 0.29) is 17.4 Å². The largest absolute Gasteiger partial charge is 0.495 e. The van der Waals surface area contributed by atoms with Crippen molar-refractivity contribution in [3.05, 3.63) is 102 Å². The van der Waals surface area contributed by atoms with E-state index in [1.54, 1.807) is 67.7 Å². The number of nitrogen functional groups attached to an aromatic ring is 1. The first-order chi connectivity index (χ1) is 21.7. The minimum Gasteiger partial charge on any atom is -0.495 e. The molecule has 0 spiro atoms. The van der Waals surface area contributed by atoms with Crippen LogP contribution in [0, 0.1) is 5.82 Å². The number of rotatable bonds is 10. The molecule has 6 rings (SSSR count). The van der Waals surface area contributed by atoms with Crippen molar-refractivity contribution < 1.29 is 18.7 Å². The monoisotopic (exact) mass is 609 g/mol. The molecule has 0 unspecified atom stereocenters. The van der Waals surface area contributed by atoms with Crippen LogP contribution in [-0.4, -0.2) is 63.7 Å². The lowest BCUT2D eigenvalue weighted by atomic mass is 10.2. The number of nitrogens with zero attached hydrogens (tertiary/aromatic N) is 6. The van der Waals surface area contributed by atoms with Gasteiger partial charge in [0.1, 0.15) is 34.9 Å². The Balaban J connectivity index is 1.36. The molecule has 0 aliphatic heterocycles. The Morgan fingerprint density at radius 1 is 1.02 bits per heavy atom. The molecule has 1 aliphatic rings. The van der Waals surface area contributed by atoms with E-state index in [0.29, 0.717) is 52.4 Å². The number of nitrogens with two attached hydrogens (primary N) is 1. The molecule has 0 saturated heterocycles. The summed E-state index contributed by atoms with van der Waals surface area (Å²) in [5, 5.41) is 0. The van der Waals surface area contributed by atoms with Crippen molar-refractivity contribution in [1.29, 1.82) is 0 Å². The molecular weight excluding hydrogens is 577 g/mol. The lowest BCUT2D eigenvalue weighted by Crippen LogP contribution is -2.26. The van der Waals surface area contributed by atoms with Gasteiger partial charge in [0.05, 0.1) is 24.2 Å². The Bertz CT molecular complexity index is 1960. The van der Waals surface area contributed by atoms with Gasteiger partial charge in [0.15, 0.2) is 11.5 Å². The molecule has 2 N–H and O–H groups in total. The Hall–Kier alpha value is -5.49. The van der Waals surface area contributed by atoms with Crippen LogP contribution in [0.2, 0.25) is 0 Å². The van der Waals surface area contributed by atoms with Crippen molar-refractivity contribution in [2.75, 3.05) is 38.4 Å². The van der Waals surface area contributed by atoms with Crippen molar-refractivity contribution in [2.24, 2.45) is 0 Å². The lowest BCUT2D eigenvalue weighted by Gasteiger charge is -2.20. The van der Waals surface area contributed by atoms with Crippen molar-refractivity contribution >= 4 is 28.6 Å². The molecule has 1 aliphatic carbocycles. The predicted octanol–water partition coefficient (Wildman–Crippen LogP) is 4.71. The van der Waals surface area contributed by atoms with Gasteiger partial charge in [-0.25, -0.2) is 23.7 Å². The second-order valence-corrected chi connectivity index (χ2v) is 10.8. The third kappa shape index (κ3) is 6.00. The fraction of sp³-hybridized carbons (Fsp3) is 0.212. The van der Waals surface area contributed by atoms with Crippen LogP contribution in [0.25, 0.3) is 22.5 Å². The summed E-state index contributed by atoms with van der Waals surface area (Å²) in [7, 11) is 5.21. The zero-order valence-electron chi connectivity index (χ0n) is 25.1.